The molecule has 5 nitrogen and oxygen atoms in total. The fourth-order valence-electron chi connectivity index (χ4n) is 2.18. The van der Waals surface area contributed by atoms with Gasteiger partial charge in [-0.05, 0) is 23.8 Å². The van der Waals surface area contributed by atoms with Crippen LogP contribution in [0.2, 0.25) is 0 Å². The van der Waals surface area contributed by atoms with E-state index in [4.69, 9.17) is 4.74 Å². The number of aromatic nitrogens is 1. The maximum Gasteiger partial charge on any atom is 0.413 e. The summed E-state index contributed by atoms with van der Waals surface area (Å²) in [5, 5.41) is 12.6. The number of ether oxygens (including phenoxy) is 1. The lowest BCUT2D eigenvalue weighted by molar-refractivity contribution is 0.155. The van der Waals surface area contributed by atoms with Gasteiger partial charge < -0.3 is 4.74 Å². The van der Waals surface area contributed by atoms with Gasteiger partial charge in [-0.1, -0.05) is 52.3 Å². The topological polar surface area (TPSA) is 75.0 Å². The largest absolute Gasteiger partial charge is 0.444 e. The summed E-state index contributed by atoms with van der Waals surface area (Å²) >= 11 is 3.38. The third-order valence-corrected chi connectivity index (χ3v) is 3.83. The molecule has 3 rings (SSSR count). The minimum atomic E-state index is -0.655. The molecule has 0 saturated carbocycles. The predicted molar refractivity (Wildman–Crippen MR) is 94.4 cm³/mol. The van der Waals surface area contributed by atoms with Gasteiger partial charge in [0.05, 0.1) is 11.1 Å². The van der Waals surface area contributed by atoms with Crippen molar-refractivity contribution in [1.82, 2.24) is 4.98 Å². The van der Waals surface area contributed by atoms with Gasteiger partial charge in [0, 0.05) is 9.86 Å². The van der Waals surface area contributed by atoms with Crippen LogP contribution in [0.5, 0.6) is 0 Å². The number of nitrogens with one attached hydrogen (secondary N) is 1. The molecule has 0 aliphatic heterocycles. The molecule has 1 N–H and O–H groups in total. The number of anilines is 1. The van der Waals surface area contributed by atoms with Crippen LogP contribution in [0.3, 0.4) is 0 Å². The average molecular weight is 382 g/mol. The second kappa shape index (κ2) is 7.11. The first kappa shape index (κ1) is 16.0. The van der Waals surface area contributed by atoms with Gasteiger partial charge in [0.25, 0.3) is 0 Å². The van der Waals surface area contributed by atoms with E-state index in [-0.39, 0.29) is 18.0 Å². The van der Waals surface area contributed by atoms with Gasteiger partial charge in [0.1, 0.15) is 12.7 Å². The van der Waals surface area contributed by atoms with Crippen LogP contribution in [0.1, 0.15) is 11.1 Å². The zero-order valence-corrected chi connectivity index (χ0v) is 14.1. The first-order valence-corrected chi connectivity index (χ1v) is 7.93. The Balaban J connectivity index is 1.78. The van der Waals surface area contributed by atoms with Crippen molar-refractivity contribution >= 4 is 38.7 Å². The number of rotatable bonds is 3. The van der Waals surface area contributed by atoms with E-state index in [1.54, 1.807) is 6.07 Å². The number of halogens is 1. The average Bonchev–Trinajstić information content (AvgIpc) is 2.60. The highest BCUT2D eigenvalue weighted by Crippen LogP contribution is 2.23. The lowest BCUT2D eigenvalue weighted by Gasteiger charge is -2.09. The van der Waals surface area contributed by atoms with Crippen molar-refractivity contribution in [3.8, 4) is 6.07 Å². The zero-order valence-electron chi connectivity index (χ0n) is 12.5. The molecule has 0 bridgehead atoms. The molecule has 0 aliphatic rings. The summed E-state index contributed by atoms with van der Waals surface area (Å²) < 4.78 is 6.02. The molecular formula is C18H12BrN3O2. The van der Waals surface area contributed by atoms with Gasteiger partial charge in [0.2, 0.25) is 0 Å². The standard InChI is InChI=1S/C18H12BrN3O2/c19-15-7-6-13-8-14(10-20)17(21-16(13)9-15)22-18(23)24-11-12-4-2-1-3-5-12/h1-9H,11H2,(H,21,22,23). The third-order valence-electron chi connectivity index (χ3n) is 3.33. The Hall–Kier alpha value is -2.91. The van der Waals surface area contributed by atoms with Crippen molar-refractivity contribution in [2.24, 2.45) is 0 Å². The number of amides is 1. The van der Waals surface area contributed by atoms with E-state index < -0.39 is 6.09 Å². The summed E-state index contributed by atoms with van der Waals surface area (Å²) in [4.78, 5) is 16.3. The lowest BCUT2D eigenvalue weighted by Crippen LogP contribution is -2.15. The molecule has 3 aromatic rings. The predicted octanol–water partition coefficient (Wildman–Crippen LogP) is 4.62. The molecule has 0 saturated heterocycles. The van der Waals surface area contributed by atoms with E-state index in [1.165, 1.54) is 0 Å². The van der Waals surface area contributed by atoms with Crippen LogP contribution in [0.4, 0.5) is 10.6 Å². The van der Waals surface area contributed by atoms with E-state index in [9.17, 15) is 10.1 Å². The molecular weight excluding hydrogens is 370 g/mol. The van der Waals surface area contributed by atoms with Gasteiger partial charge in [-0.15, -0.1) is 0 Å². The van der Waals surface area contributed by atoms with E-state index >= 15 is 0 Å². The number of benzene rings is 2. The third kappa shape index (κ3) is 3.70. The van der Waals surface area contributed by atoms with Crippen LogP contribution >= 0.6 is 15.9 Å². The van der Waals surface area contributed by atoms with E-state index in [0.29, 0.717) is 5.52 Å². The summed E-state index contributed by atoms with van der Waals surface area (Å²) in [7, 11) is 0. The van der Waals surface area contributed by atoms with Crippen molar-refractivity contribution in [2.75, 3.05) is 5.32 Å². The van der Waals surface area contributed by atoms with E-state index in [1.807, 2.05) is 54.6 Å². The SMILES string of the molecule is N#Cc1cc2ccc(Br)cc2nc1NC(=O)OCc1ccccc1. The fourth-order valence-corrected chi connectivity index (χ4v) is 2.53. The van der Waals surface area contributed by atoms with Crippen LogP contribution in [0, 0.1) is 11.3 Å². The molecule has 2 aromatic carbocycles. The smallest absolute Gasteiger partial charge is 0.413 e. The van der Waals surface area contributed by atoms with Crippen molar-refractivity contribution in [2.45, 2.75) is 6.61 Å². The van der Waals surface area contributed by atoms with Gasteiger partial charge in [-0.25, -0.2) is 9.78 Å². The Morgan fingerprint density at radius 2 is 2.00 bits per heavy atom. The van der Waals surface area contributed by atoms with Gasteiger partial charge in [0.15, 0.2) is 5.82 Å². The summed E-state index contributed by atoms with van der Waals surface area (Å²) in [6.45, 7) is 0.147. The van der Waals surface area contributed by atoms with Crippen LogP contribution in [0.25, 0.3) is 10.9 Å². The minimum absolute atomic E-state index is 0.147. The first-order valence-electron chi connectivity index (χ1n) is 7.14. The Bertz CT molecular complexity index is 936. The maximum absolute atomic E-state index is 12.0. The normalized spacial score (nSPS) is 10.2. The maximum atomic E-state index is 12.0. The Morgan fingerprint density at radius 3 is 2.75 bits per heavy atom. The second-order valence-electron chi connectivity index (χ2n) is 5.02. The molecule has 0 aliphatic carbocycles. The molecule has 1 amide bonds. The molecule has 0 spiro atoms. The molecule has 118 valence electrons. The molecule has 6 heteroatoms. The Labute approximate surface area is 147 Å². The van der Waals surface area contributed by atoms with Crippen LogP contribution < -0.4 is 5.32 Å². The molecule has 0 radical (unpaired) electrons. The van der Waals surface area contributed by atoms with Gasteiger partial charge >= 0.3 is 6.09 Å². The highest BCUT2D eigenvalue weighted by molar-refractivity contribution is 9.10. The Kier molecular flexibility index (Phi) is 4.73. The highest BCUT2D eigenvalue weighted by Gasteiger charge is 2.11. The van der Waals surface area contributed by atoms with E-state index in [2.05, 4.69) is 26.2 Å². The quantitative estimate of drug-likeness (QED) is 0.718. The molecule has 0 unspecified atom stereocenters. The molecule has 24 heavy (non-hydrogen) atoms. The number of carbonyl (C=O) groups excluding carboxylic acids is 1. The van der Waals surface area contributed by atoms with Crippen LogP contribution in [0.15, 0.2) is 59.1 Å². The van der Waals surface area contributed by atoms with E-state index in [0.717, 1.165) is 15.4 Å². The number of nitriles is 1. The monoisotopic (exact) mass is 381 g/mol. The molecule has 1 heterocycles. The van der Waals surface area contributed by atoms with Crippen LogP contribution in [-0.2, 0) is 11.3 Å². The Morgan fingerprint density at radius 1 is 1.21 bits per heavy atom. The van der Waals surface area contributed by atoms with Crippen molar-refractivity contribution in [3.63, 3.8) is 0 Å². The zero-order chi connectivity index (χ0) is 16.9. The van der Waals surface area contributed by atoms with Crippen molar-refractivity contribution < 1.29 is 9.53 Å². The summed E-state index contributed by atoms with van der Waals surface area (Å²) in [6.07, 6.45) is -0.655. The second-order valence-corrected chi connectivity index (χ2v) is 5.94. The number of fused-ring (bicyclic) bond motifs is 1. The highest BCUT2D eigenvalue weighted by atomic mass is 79.9. The lowest BCUT2D eigenvalue weighted by atomic mass is 10.1. The van der Waals surface area contributed by atoms with Gasteiger partial charge in [-0.2, -0.15) is 5.26 Å². The summed E-state index contributed by atoms with van der Waals surface area (Å²) in [6, 6.07) is 18.6. The fraction of sp³-hybridized carbons (Fsp3) is 0.0556. The molecule has 0 atom stereocenters. The first-order chi connectivity index (χ1) is 11.7. The number of nitrogens with zero attached hydrogens (tertiary/aromatic N) is 2. The van der Waals surface area contributed by atoms with Gasteiger partial charge in [-0.3, -0.25) is 5.32 Å². The van der Waals surface area contributed by atoms with Crippen molar-refractivity contribution in [3.05, 3.63) is 70.2 Å². The summed E-state index contributed by atoms with van der Waals surface area (Å²) in [5.41, 5.74) is 1.83. The number of carbonyl (C=O) groups is 1. The molecule has 1 aromatic heterocycles. The summed E-state index contributed by atoms with van der Waals surface area (Å²) in [5.74, 6) is 0.182. The number of pyridine rings is 1. The molecule has 0 fully saturated rings. The minimum Gasteiger partial charge on any atom is -0.444 e. The number of hydrogen-bond donors (Lipinski definition) is 1. The van der Waals surface area contributed by atoms with Crippen molar-refractivity contribution in [1.29, 1.82) is 5.26 Å². The van der Waals surface area contributed by atoms with Crippen LogP contribution in [-0.4, -0.2) is 11.1 Å². The number of hydrogen-bond acceptors (Lipinski definition) is 4.